The van der Waals surface area contributed by atoms with E-state index in [1.807, 2.05) is 35.2 Å². The average molecular weight is 431 g/mol. The summed E-state index contributed by atoms with van der Waals surface area (Å²) in [6.07, 6.45) is 2.20. The van der Waals surface area contributed by atoms with Gasteiger partial charge in [0.15, 0.2) is 0 Å². The Morgan fingerprint density at radius 3 is 2.66 bits per heavy atom. The zero-order valence-electron chi connectivity index (χ0n) is 16.1. The smallest absolute Gasteiger partial charge is 0.223 e. The molecule has 0 radical (unpaired) electrons. The van der Waals surface area contributed by atoms with Gasteiger partial charge >= 0.3 is 0 Å². The normalized spacial score (nSPS) is 23.3. The predicted molar refractivity (Wildman–Crippen MR) is 115 cm³/mol. The van der Waals surface area contributed by atoms with Crippen LogP contribution < -0.4 is 5.32 Å². The molecule has 6 heteroatoms. The van der Waals surface area contributed by atoms with Crippen LogP contribution in [0, 0.1) is 11.8 Å². The van der Waals surface area contributed by atoms with Crippen molar-refractivity contribution in [3.8, 4) is 0 Å². The third-order valence-electron chi connectivity index (χ3n) is 5.87. The Kier molecular flexibility index (Phi) is 6.12. The minimum Gasteiger partial charge on any atom is -0.355 e. The molecule has 3 unspecified atom stereocenters. The average Bonchev–Trinajstić information content (AvgIpc) is 3.45. The van der Waals surface area contributed by atoms with Gasteiger partial charge in [0.05, 0.1) is 10.0 Å². The molecule has 2 aliphatic rings. The number of nitrogens with one attached hydrogen (secondary N) is 1. The van der Waals surface area contributed by atoms with Gasteiger partial charge in [-0.3, -0.25) is 9.59 Å². The second kappa shape index (κ2) is 8.76. The molecule has 1 saturated carbocycles. The highest BCUT2D eigenvalue weighted by atomic mass is 35.5. The van der Waals surface area contributed by atoms with Crippen molar-refractivity contribution in [3.63, 3.8) is 0 Å². The fourth-order valence-corrected chi connectivity index (χ4v) is 4.39. The summed E-state index contributed by atoms with van der Waals surface area (Å²) in [4.78, 5) is 26.7. The zero-order valence-corrected chi connectivity index (χ0v) is 17.6. The Labute approximate surface area is 181 Å². The number of nitrogens with zero attached hydrogens (tertiary/aromatic N) is 1. The number of halogens is 2. The molecule has 29 heavy (non-hydrogen) atoms. The highest BCUT2D eigenvalue weighted by molar-refractivity contribution is 6.42. The number of rotatable bonds is 7. The second-order valence-electron chi connectivity index (χ2n) is 8.01. The van der Waals surface area contributed by atoms with Gasteiger partial charge in [0.25, 0.3) is 0 Å². The first-order valence-corrected chi connectivity index (χ1v) is 10.8. The van der Waals surface area contributed by atoms with Crippen molar-refractivity contribution < 1.29 is 9.59 Å². The van der Waals surface area contributed by atoms with Crippen molar-refractivity contribution >= 4 is 35.0 Å². The summed E-state index contributed by atoms with van der Waals surface area (Å²) in [5.74, 6) is 0.622. The van der Waals surface area contributed by atoms with E-state index in [0.717, 1.165) is 24.9 Å². The number of likely N-dealkylation sites (tertiary alicyclic amines) is 1. The Morgan fingerprint density at radius 1 is 1.10 bits per heavy atom. The highest BCUT2D eigenvalue weighted by Crippen LogP contribution is 2.48. The van der Waals surface area contributed by atoms with Crippen LogP contribution in [0.25, 0.3) is 0 Å². The van der Waals surface area contributed by atoms with Crippen LogP contribution in [0.3, 0.4) is 0 Å². The van der Waals surface area contributed by atoms with Gasteiger partial charge in [-0.15, -0.1) is 0 Å². The SMILES string of the molecule is O=C(NCC1CC(=O)N(CCc2ccccc2)C1)C1CC1c1ccc(Cl)c(Cl)c1. The van der Waals surface area contributed by atoms with Gasteiger partial charge in [0, 0.05) is 37.9 Å². The van der Waals surface area contributed by atoms with Crippen LogP contribution in [0.1, 0.15) is 29.9 Å². The van der Waals surface area contributed by atoms with Crippen LogP contribution in [0.5, 0.6) is 0 Å². The lowest BCUT2D eigenvalue weighted by atomic mass is 10.1. The molecule has 2 aromatic rings. The van der Waals surface area contributed by atoms with Crippen molar-refractivity contribution in [2.75, 3.05) is 19.6 Å². The standard InChI is InChI=1S/C23H24Cl2N2O2/c24-20-7-6-17(11-21(20)25)18-12-19(18)23(29)26-13-16-10-22(28)27(14-16)9-8-15-4-2-1-3-5-15/h1-7,11,16,18-19H,8-10,12-14H2,(H,26,29). The van der Waals surface area contributed by atoms with Crippen LogP contribution >= 0.6 is 23.2 Å². The first-order chi connectivity index (χ1) is 14.0. The quantitative estimate of drug-likeness (QED) is 0.711. The van der Waals surface area contributed by atoms with Gasteiger partial charge in [-0.1, -0.05) is 59.6 Å². The van der Waals surface area contributed by atoms with Gasteiger partial charge in [-0.05, 0) is 42.0 Å². The van der Waals surface area contributed by atoms with Gasteiger partial charge in [-0.25, -0.2) is 0 Å². The third kappa shape index (κ3) is 4.93. The molecule has 2 fully saturated rings. The fourth-order valence-electron chi connectivity index (χ4n) is 4.09. The number of amides is 2. The van der Waals surface area contributed by atoms with Crippen LogP contribution in [0.15, 0.2) is 48.5 Å². The number of carbonyl (C=O) groups is 2. The maximum absolute atomic E-state index is 12.5. The lowest BCUT2D eigenvalue weighted by molar-refractivity contribution is -0.127. The van der Waals surface area contributed by atoms with Gasteiger partial charge in [0.1, 0.15) is 0 Å². The molecule has 4 nitrogen and oxygen atoms in total. The molecule has 0 bridgehead atoms. The number of hydrogen-bond donors (Lipinski definition) is 1. The van der Waals surface area contributed by atoms with Crippen molar-refractivity contribution in [2.24, 2.45) is 11.8 Å². The summed E-state index contributed by atoms with van der Waals surface area (Å²) >= 11 is 12.0. The van der Waals surface area contributed by atoms with E-state index in [4.69, 9.17) is 23.2 Å². The Bertz CT molecular complexity index is 903. The molecule has 3 atom stereocenters. The molecule has 1 aliphatic carbocycles. The Balaban J connectivity index is 1.22. The van der Waals surface area contributed by atoms with Crippen LogP contribution in [-0.4, -0.2) is 36.3 Å². The molecule has 1 N–H and O–H groups in total. The molecular weight excluding hydrogens is 407 g/mol. The molecule has 4 rings (SSSR count). The fraction of sp³-hybridized carbons (Fsp3) is 0.391. The predicted octanol–water partition coefficient (Wildman–Crippen LogP) is 4.30. The monoisotopic (exact) mass is 430 g/mol. The summed E-state index contributed by atoms with van der Waals surface area (Å²) in [5, 5.41) is 4.10. The van der Waals surface area contributed by atoms with E-state index in [-0.39, 0.29) is 29.6 Å². The van der Waals surface area contributed by atoms with Crippen molar-refractivity contribution in [1.29, 1.82) is 0 Å². The van der Waals surface area contributed by atoms with E-state index in [0.29, 0.717) is 29.6 Å². The minimum atomic E-state index is -0.0152. The van der Waals surface area contributed by atoms with Gasteiger partial charge < -0.3 is 10.2 Å². The molecular formula is C23H24Cl2N2O2. The first kappa shape index (κ1) is 20.2. The minimum absolute atomic E-state index is 0.0152. The van der Waals surface area contributed by atoms with E-state index < -0.39 is 0 Å². The Morgan fingerprint density at radius 2 is 1.90 bits per heavy atom. The van der Waals surface area contributed by atoms with E-state index in [1.165, 1.54) is 5.56 Å². The largest absolute Gasteiger partial charge is 0.355 e. The van der Waals surface area contributed by atoms with Crippen molar-refractivity contribution in [3.05, 3.63) is 69.7 Å². The van der Waals surface area contributed by atoms with Crippen LogP contribution in [-0.2, 0) is 16.0 Å². The number of carbonyl (C=O) groups excluding carboxylic acids is 2. The summed E-state index contributed by atoms with van der Waals surface area (Å²) in [7, 11) is 0. The second-order valence-corrected chi connectivity index (χ2v) is 8.83. The van der Waals surface area contributed by atoms with E-state index in [9.17, 15) is 9.59 Å². The van der Waals surface area contributed by atoms with Gasteiger partial charge in [-0.2, -0.15) is 0 Å². The molecule has 152 valence electrons. The van der Waals surface area contributed by atoms with Crippen LogP contribution in [0.4, 0.5) is 0 Å². The molecule has 0 aromatic heterocycles. The first-order valence-electron chi connectivity index (χ1n) is 10.1. The topological polar surface area (TPSA) is 49.4 Å². The summed E-state index contributed by atoms with van der Waals surface area (Å²) in [5.41, 5.74) is 2.29. The van der Waals surface area contributed by atoms with Gasteiger partial charge in [0.2, 0.25) is 11.8 Å². The maximum atomic E-state index is 12.5. The highest BCUT2D eigenvalue weighted by Gasteiger charge is 2.44. The van der Waals surface area contributed by atoms with Crippen molar-refractivity contribution in [1.82, 2.24) is 10.2 Å². The Hall–Kier alpha value is -2.04. The molecule has 0 spiro atoms. The maximum Gasteiger partial charge on any atom is 0.223 e. The lowest BCUT2D eigenvalue weighted by Crippen LogP contribution is -2.33. The molecule has 2 aromatic carbocycles. The lowest BCUT2D eigenvalue weighted by Gasteiger charge is -2.17. The summed E-state index contributed by atoms with van der Waals surface area (Å²) < 4.78 is 0. The zero-order chi connectivity index (χ0) is 20.4. The van der Waals surface area contributed by atoms with Crippen LogP contribution in [0.2, 0.25) is 10.0 Å². The third-order valence-corrected chi connectivity index (χ3v) is 6.61. The summed E-state index contributed by atoms with van der Waals surface area (Å²) in [6, 6.07) is 15.8. The molecule has 2 amide bonds. The number of hydrogen-bond acceptors (Lipinski definition) is 2. The molecule has 1 saturated heterocycles. The van der Waals surface area contributed by atoms with E-state index in [1.54, 1.807) is 6.07 Å². The molecule has 1 heterocycles. The van der Waals surface area contributed by atoms with Crippen molar-refractivity contribution in [2.45, 2.75) is 25.2 Å². The number of benzene rings is 2. The van der Waals surface area contributed by atoms with E-state index >= 15 is 0 Å². The molecule has 1 aliphatic heterocycles. The van der Waals surface area contributed by atoms with E-state index in [2.05, 4.69) is 17.4 Å². The summed E-state index contributed by atoms with van der Waals surface area (Å²) in [6.45, 7) is 2.00.